The van der Waals surface area contributed by atoms with E-state index in [4.69, 9.17) is 14.2 Å². The molecule has 0 spiro atoms. The molecule has 5 rings (SSSR count). The van der Waals surface area contributed by atoms with Crippen LogP contribution in [0, 0.1) is 22.7 Å². The average Bonchev–Trinajstić information content (AvgIpc) is 2.95. The van der Waals surface area contributed by atoms with Crippen LogP contribution >= 0.6 is 0 Å². The molecule has 138 valence electrons. The molecule has 4 saturated carbocycles. The predicted octanol–water partition coefficient (Wildman–Crippen LogP) is 3.02. The number of carbonyl (C=O) groups is 2. The molecule has 0 aromatic rings. The normalized spacial score (nSPS) is 41.6. The lowest BCUT2D eigenvalue weighted by Gasteiger charge is -2.61. The fourth-order valence-corrected chi connectivity index (χ4v) is 6.22. The van der Waals surface area contributed by atoms with Crippen LogP contribution in [0.15, 0.2) is 12.2 Å². The maximum Gasteiger partial charge on any atom is 0.333 e. The summed E-state index contributed by atoms with van der Waals surface area (Å²) in [5.74, 6) is 1.01. The number of ether oxygens (including phenoxy) is 3. The van der Waals surface area contributed by atoms with Crippen molar-refractivity contribution in [2.24, 2.45) is 22.7 Å². The highest BCUT2D eigenvalue weighted by atomic mass is 16.6. The number of cyclic esters (lactones) is 1. The summed E-state index contributed by atoms with van der Waals surface area (Å²) in [6.07, 6.45) is 7.42. The minimum Gasteiger partial charge on any atom is -0.463 e. The summed E-state index contributed by atoms with van der Waals surface area (Å²) in [5.41, 5.74) is 0.764. The van der Waals surface area contributed by atoms with Crippen LogP contribution in [-0.2, 0) is 23.8 Å². The Bertz CT molecular complexity index is 581. The molecule has 1 heterocycles. The molecule has 1 aliphatic heterocycles. The molecule has 25 heavy (non-hydrogen) atoms. The fraction of sp³-hybridized carbons (Fsp3) is 0.800. The van der Waals surface area contributed by atoms with Gasteiger partial charge in [0.2, 0.25) is 0 Å². The van der Waals surface area contributed by atoms with Crippen LogP contribution in [0.1, 0.15) is 51.9 Å². The topological polar surface area (TPSA) is 61.8 Å². The number of hydrogen-bond acceptors (Lipinski definition) is 5. The minimum atomic E-state index is -0.275. The lowest BCUT2D eigenvalue weighted by Crippen LogP contribution is -2.55. The Balaban J connectivity index is 1.42. The van der Waals surface area contributed by atoms with Gasteiger partial charge in [-0.1, -0.05) is 6.58 Å². The number of carbonyl (C=O) groups excluding carboxylic acids is 2. The lowest BCUT2D eigenvalue weighted by atomic mass is 9.44. The van der Waals surface area contributed by atoms with Crippen molar-refractivity contribution in [1.82, 2.24) is 0 Å². The van der Waals surface area contributed by atoms with Gasteiger partial charge in [-0.05, 0) is 62.7 Å². The summed E-state index contributed by atoms with van der Waals surface area (Å²) in [7, 11) is 0. The van der Waals surface area contributed by atoms with Gasteiger partial charge in [0.25, 0.3) is 0 Å². The third-order valence-corrected chi connectivity index (χ3v) is 6.61. The van der Waals surface area contributed by atoms with Crippen LogP contribution < -0.4 is 0 Å². The molecule has 0 radical (unpaired) electrons. The van der Waals surface area contributed by atoms with Crippen molar-refractivity contribution in [3.63, 3.8) is 0 Å². The second kappa shape index (κ2) is 6.11. The van der Waals surface area contributed by atoms with Crippen molar-refractivity contribution < 1.29 is 23.8 Å². The maximum atomic E-state index is 11.9. The van der Waals surface area contributed by atoms with Crippen LogP contribution in [0.2, 0.25) is 0 Å². The molecule has 5 fully saturated rings. The van der Waals surface area contributed by atoms with Gasteiger partial charge in [0.05, 0.1) is 19.6 Å². The van der Waals surface area contributed by atoms with E-state index in [1.54, 1.807) is 6.92 Å². The van der Waals surface area contributed by atoms with E-state index in [2.05, 4.69) is 6.58 Å². The molecular formula is C20H28O5. The molecule has 0 aromatic carbocycles. The van der Waals surface area contributed by atoms with Crippen molar-refractivity contribution in [1.29, 1.82) is 0 Å². The molecule has 4 bridgehead atoms. The van der Waals surface area contributed by atoms with Gasteiger partial charge < -0.3 is 14.2 Å². The van der Waals surface area contributed by atoms with Crippen molar-refractivity contribution in [3.8, 4) is 0 Å². The third-order valence-electron chi connectivity index (χ3n) is 6.61. The second-order valence-corrected chi connectivity index (χ2v) is 9.14. The maximum absolute atomic E-state index is 11.9. The zero-order valence-electron chi connectivity index (χ0n) is 15.1. The predicted molar refractivity (Wildman–Crippen MR) is 90.6 cm³/mol. The van der Waals surface area contributed by atoms with Crippen LogP contribution in [0.5, 0.6) is 0 Å². The summed E-state index contributed by atoms with van der Waals surface area (Å²) in [5, 5.41) is 0. The van der Waals surface area contributed by atoms with Crippen molar-refractivity contribution >= 4 is 11.9 Å². The molecule has 0 amide bonds. The molecule has 3 atom stereocenters. The standard InChI is InChI=1S/C20H28O5/c1-13(2)18(22)25-12-20-7-14-3-15(8-20)6-19(5-14,10-20)11-24-16-4-17(21)23-9-16/h14-16H,1,3-12H2,2H3. The van der Waals surface area contributed by atoms with Gasteiger partial charge in [-0.25, -0.2) is 4.79 Å². The molecule has 5 heteroatoms. The largest absolute Gasteiger partial charge is 0.463 e. The first-order valence-corrected chi connectivity index (χ1v) is 9.47. The van der Waals surface area contributed by atoms with Gasteiger partial charge in [0.15, 0.2) is 0 Å². The van der Waals surface area contributed by atoms with E-state index in [-0.39, 0.29) is 28.9 Å². The van der Waals surface area contributed by atoms with Crippen LogP contribution in [0.25, 0.3) is 0 Å². The Morgan fingerprint density at radius 2 is 1.84 bits per heavy atom. The zero-order chi connectivity index (χ0) is 17.7. The quantitative estimate of drug-likeness (QED) is 0.545. The lowest BCUT2D eigenvalue weighted by molar-refractivity contribution is -0.174. The van der Waals surface area contributed by atoms with Gasteiger partial charge in [0.1, 0.15) is 12.7 Å². The summed E-state index contributed by atoms with van der Waals surface area (Å²) in [6.45, 7) is 6.99. The van der Waals surface area contributed by atoms with E-state index in [1.165, 1.54) is 32.1 Å². The van der Waals surface area contributed by atoms with Crippen LogP contribution in [0.3, 0.4) is 0 Å². The molecule has 0 N–H and O–H groups in total. The first-order chi connectivity index (χ1) is 11.9. The highest BCUT2D eigenvalue weighted by molar-refractivity contribution is 5.86. The van der Waals surface area contributed by atoms with Crippen molar-refractivity contribution in [3.05, 3.63) is 12.2 Å². The van der Waals surface area contributed by atoms with E-state index < -0.39 is 0 Å². The SMILES string of the molecule is C=C(C)C(=O)OCC12CC3CC(C1)CC(COC1COC(=O)C1)(C3)C2. The molecule has 4 aliphatic carbocycles. The van der Waals surface area contributed by atoms with E-state index >= 15 is 0 Å². The van der Waals surface area contributed by atoms with E-state index in [9.17, 15) is 9.59 Å². The third kappa shape index (κ3) is 3.35. The summed E-state index contributed by atoms with van der Waals surface area (Å²) in [4.78, 5) is 23.1. The first-order valence-electron chi connectivity index (χ1n) is 9.47. The zero-order valence-corrected chi connectivity index (χ0v) is 15.1. The Kier molecular flexibility index (Phi) is 4.18. The van der Waals surface area contributed by atoms with Crippen molar-refractivity contribution in [2.75, 3.05) is 19.8 Å². The Morgan fingerprint density at radius 3 is 2.40 bits per heavy atom. The highest BCUT2D eigenvalue weighted by Crippen LogP contribution is 2.65. The van der Waals surface area contributed by atoms with E-state index in [0.717, 1.165) is 18.3 Å². The molecule has 5 aliphatic rings. The van der Waals surface area contributed by atoms with E-state index in [1.807, 2.05) is 0 Å². The summed E-state index contributed by atoms with van der Waals surface area (Å²) in [6, 6.07) is 0. The molecule has 5 nitrogen and oxygen atoms in total. The summed E-state index contributed by atoms with van der Waals surface area (Å²) < 4.78 is 16.7. The van der Waals surface area contributed by atoms with Gasteiger partial charge in [0, 0.05) is 11.0 Å². The fourth-order valence-electron chi connectivity index (χ4n) is 6.22. The monoisotopic (exact) mass is 348 g/mol. The Hall–Kier alpha value is -1.36. The smallest absolute Gasteiger partial charge is 0.333 e. The summed E-state index contributed by atoms with van der Waals surface area (Å²) >= 11 is 0. The van der Waals surface area contributed by atoms with Crippen molar-refractivity contribution in [2.45, 2.75) is 58.0 Å². The first kappa shape index (κ1) is 17.1. The Morgan fingerprint density at radius 1 is 1.20 bits per heavy atom. The van der Waals surface area contributed by atoms with Gasteiger partial charge >= 0.3 is 11.9 Å². The molecule has 1 saturated heterocycles. The minimum absolute atomic E-state index is 0.0855. The number of hydrogen-bond donors (Lipinski definition) is 0. The highest BCUT2D eigenvalue weighted by Gasteiger charge is 2.58. The van der Waals surface area contributed by atoms with Gasteiger partial charge in [-0.15, -0.1) is 0 Å². The van der Waals surface area contributed by atoms with Crippen LogP contribution in [-0.4, -0.2) is 37.9 Å². The molecule has 3 unspecified atom stereocenters. The van der Waals surface area contributed by atoms with E-state index in [0.29, 0.717) is 31.8 Å². The second-order valence-electron chi connectivity index (χ2n) is 9.14. The number of rotatable bonds is 6. The number of esters is 2. The Labute approximate surface area is 149 Å². The van der Waals surface area contributed by atoms with Gasteiger partial charge in [-0.3, -0.25) is 4.79 Å². The van der Waals surface area contributed by atoms with Gasteiger partial charge in [-0.2, -0.15) is 0 Å². The van der Waals surface area contributed by atoms with Crippen LogP contribution in [0.4, 0.5) is 0 Å². The molecule has 0 aromatic heterocycles. The average molecular weight is 348 g/mol. The molecular weight excluding hydrogens is 320 g/mol.